The van der Waals surface area contributed by atoms with Crippen LogP contribution in [0.5, 0.6) is 0 Å². The van der Waals surface area contributed by atoms with Crippen LogP contribution in [0.4, 0.5) is 0 Å². The van der Waals surface area contributed by atoms with Gasteiger partial charge >= 0.3 is 0 Å². The normalized spacial score (nSPS) is 16.2. The summed E-state index contributed by atoms with van der Waals surface area (Å²) >= 11 is 3.29. The summed E-state index contributed by atoms with van der Waals surface area (Å²) in [4.78, 5) is 14.5. The second-order valence-electron chi connectivity index (χ2n) is 5.83. The van der Waals surface area contributed by atoms with Gasteiger partial charge in [0.1, 0.15) is 11.3 Å². The van der Waals surface area contributed by atoms with Crippen molar-refractivity contribution in [3.8, 4) is 0 Å². The van der Waals surface area contributed by atoms with E-state index >= 15 is 0 Å². The Kier molecular flexibility index (Phi) is 4.99. The molecule has 3 rings (SSSR count). The molecule has 7 nitrogen and oxygen atoms in total. The Morgan fingerprint density at radius 1 is 1.16 bits per heavy atom. The van der Waals surface area contributed by atoms with Crippen molar-refractivity contribution in [3.63, 3.8) is 0 Å². The van der Waals surface area contributed by atoms with Gasteiger partial charge in [0.2, 0.25) is 10.0 Å². The van der Waals surface area contributed by atoms with E-state index in [2.05, 4.69) is 21.1 Å². The molecule has 134 valence electrons. The zero-order valence-corrected chi connectivity index (χ0v) is 16.3. The smallest absolute Gasteiger partial charge is 0.259 e. The maximum Gasteiger partial charge on any atom is 0.259 e. The molecule has 0 atom stereocenters. The van der Waals surface area contributed by atoms with E-state index in [1.54, 1.807) is 43.0 Å². The van der Waals surface area contributed by atoms with Crippen molar-refractivity contribution in [2.75, 3.05) is 26.2 Å². The molecule has 25 heavy (non-hydrogen) atoms. The molecule has 0 radical (unpaired) electrons. The van der Waals surface area contributed by atoms with Crippen LogP contribution in [0.15, 0.2) is 38.2 Å². The van der Waals surface area contributed by atoms with E-state index in [1.807, 2.05) is 0 Å². The van der Waals surface area contributed by atoms with Gasteiger partial charge in [-0.15, -0.1) is 0 Å². The van der Waals surface area contributed by atoms with Crippen molar-refractivity contribution in [1.29, 1.82) is 0 Å². The fourth-order valence-electron chi connectivity index (χ4n) is 2.87. The lowest BCUT2D eigenvalue weighted by atomic mass is 10.1. The third-order valence-corrected chi connectivity index (χ3v) is 7.14. The number of halogens is 1. The molecule has 1 fully saturated rings. The predicted molar refractivity (Wildman–Crippen MR) is 94.8 cm³/mol. The summed E-state index contributed by atoms with van der Waals surface area (Å²) < 4.78 is 32.6. The van der Waals surface area contributed by atoms with Crippen LogP contribution in [0.3, 0.4) is 0 Å². The number of hydrogen-bond acceptors (Lipinski definition) is 5. The topological polar surface area (TPSA) is 83.7 Å². The molecule has 9 heteroatoms. The van der Waals surface area contributed by atoms with Gasteiger partial charge in [0, 0.05) is 30.7 Å². The average Bonchev–Trinajstić information content (AvgIpc) is 2.93. The molecule has 1 aromatic heterocycles. The van der Waals surface area contributed by atoms with Crippen LogP contribution in [0, 0.1) is 13.8 Å². The van der Waals surface area contributed by atoms with Crippen molar-refractivity contribution in [3.05, 3.63) is 45.8 Å². The summed E-state index contributed by atoms with van der Waals surface area (Å²) in [7, 11) is -3.59. The Labute approximate surface area is 154 Å². The van der Waals surface area contributed by atoms with E-state index in [0.29, 0.717) is 34.6 Å². The van der Waals surface area contributed by atoms with Gasteiger partial charge in [-0.3, -0.25) is 4.79 Å². The van der Waals surface area contributed by atoms with Crippen LogP contribution in [0.25, 0.3) is 0 Å². The summed E-state index contributed by atoms with van der Waals surface area (Å²) in [6.45, 7) is 4.56. The van der Waals surface area contributed by atoms with Gasteiger partial charge in [0.15, 0.2) is 0 Å². The van der Waals surface area contributed by atoms with Gasteiger partial charge in [-0.05, 0) is 41.9 Å². The molecule has 0 aliphatic carbocycles. The highest BCUT2D eigenvalue weighted by Crippen LogP contribution is 2.26. The minimum Gasteiger partial charge on any atom is -0.361 e. The van der Waals surface area contributed by atoms with E-state index in [4.69, 9.17) is 4.52 Å². The fraction of sp³-hybridized carbons (Fsp3) is 0.375. The third kappa shape index (κ3) is 3.36. The number of benzene rings is 1. The molecule has 1 aliphatic rings. The van der Waals surface area contributed by atoms with Crippen LogP contribution in [0.2, 0.25) is 0 Å². The van der Waals surface area contributed by atoms with Gasteiger partial charge in [-0.2, -0.15) is 4.31 Å². The second-order valence-corrected chi connectivity index (χ2v) is 8.59. The molecule has 1 aromatic carbocycles. The second kappa shape index (κ2) is 6.89. The number of hydrogen-bond donors (Lipinski definition) is 0. The minimum absolute atomic E-state index is 0.172. The lowest BCUT2D eigenvalue weighted by Gasteiger charge is -2.34. The molecule has 1 saturated heterocycles. The zero-order chi connectivity index (χ0) is 18.2. The standard InChI is InChI=1S/C16H18BrN3O4S/c1-11-15(12(2)24-18-11)16(21)19-7-9-20(10-8-19)25(22,23)14-6-4-3-5-13(14)17/h3-6H,7-10H2,1-2H3. The first kappa shape index (κ1) is 18.1. The molecule has 0 saturated carbocycles. The fourth-order valence-corrected chi connectivity index (χ4v) is 5.26. The molecular weight excluding hydrogens is 410 g/mol. The maximum absolute atomic E-state index is 12.8. The predicted octanol–water partition coefficient (Wildman–Crippen LogP) is 2.20. The molecule has 0 bridgehead atoms. The number of piperazine rings is 1. The first-order chi connectivity index (χ1) is 11.8. The highest BCUT2D eigenvalue weighted by molar-refractivity contribution is 9.10. The number of carbonyl (C=O) groups is 1. The first-order valence-corrected chi connectivity index (χ1v) is 10.0. The SMILES string of the molecule is Cc1noc(C)c1C(=O)N1CCN(S(=O)(=O)c2ccccc2Br)CC1. The number of aryl methyl sites for hydroxylation is 2. The molecule has 1 aliphatic heterocycles. The van der Waals surface area contributed by atoms with Crippen LogP contribution in [-0.4, -0.2) is 54.9 Å². The Balaban J connectivity index is 1.74. The summed E-state index contributed by atoms with van der Waals surface area (Å²) in [5.41, 5.74) is 1.01. The monoisotopic (exact) mass is 427 g/mol. The number of sulfonamides is 1. The van der Waals surface area contributed by atoms with Crippen molar-refractivity contribution >= 4 is 31.9 Å². The lowest BCUT2D eigenvalue weighted by Crippen LogP contribution is -2.50. The minimum atomic E-state index is -3.59. The average molecular weight is 428 g/mol. The van der Waals surface area contributed by atoms with E-state index in [-0.39, 0.29) is 23.9 Å². The van der Waals surface area contributed by atoms with Gasteiger partial charge in [-0.25, -0.2) is 8.42 Å². The Bertz CT molecular complexity index is 882. The third-order valence-electron chi connectivity index (χ3n) is 4.23. The van der Waals surface area contributed by atoms with Gasteiger partial charge in [-0.1, -0.05) is 17.3 Å². The van der Waals surface area contributed by atoms with E-state index in [9.17, 15) is 13.2 Å². The number of aromatic nitrogens is 1. The van der Waals surface area contributed by atoms with E-state index < -0.39 is 10.0 Å². The van der Waals surface area contributed by atoms with Gasteiger partial charge in [0.05, 0.1) is 10.6 Å². The summed E-state index contributed by atoms with van der Waals surface area (Å²) in [5, 5.41) is 3.80. The quantitative estimate of drug-likeness (QED) is 0.749. The van der Waals surface area contributed by atoms with Gasteiger partial charge in [0.25, 0.3) is 5.91 Å². The molecule has 0 unspecified atom stereocenters. The lowest BCUT2D eigenvalue weighted by molar-refractivity contribution is 0.0695. The van der Waals surface area contributed by atoms with Crippen molar-refractivity contribution in [2.24, 2.45) is 0 Å². The van der Waals surface area contributed by atoms with E-state index in [1.165, 1.54) is 4.31 Å². The maximum atomic E-state index is 12.8. The molecule has 2 aromatic rings. The summed E-state index contributed by atoms with van der Waals surface area (Å²) in [5.74, 6) is 0.306. The van der Waals surface area contributed by atoms with Crippen LogP contribution in [-0.2, 0) is 10.0 Å². The van der Waals surface area contributed by atoms with Gasteiger partial charge < -0.3 is 9.42 Å². The van der Waals surface area contributed by atoms with Crippen LogP contribution >= 0.6 is 15.9 Å². The van der Waals surface area contributed by atoms with Crippen molar-refractivity contribution in [2.45, 2.75) is 18.7 Å². The van der Waals surface area contributed by atoms with Crippen LogP contribution < -0.4 is 0 Å². The number of carbonyl (C=O) groups excluding carboxylic acids is 1. The summed E-state index contributed by atoms with van der Waals surface area (Å²) in [6, 6.07) is 6.73. The highest BCUT2D eigenvalue weighted by Gasteiger charge is 2.32. The van der Waals surface area contributed by atoms with Crippen molar-refractivity contribution in [1.82, 2.24) is 14.4 Å². The molecular formula is C16H18BrN3O4S. The van der Waals surface area contributed by atoms with Crippen molar-refractivity contribution < 1.29 is 17.7 Å². The Hall–Kier alpha value is -1.71. The molecule has 1 amide bonds. The first-order valence-electron chi connectivity index (χ1n) is 7.79. The largest absolute Gasteiger partial charge is 0.361 e. The highest BCUT2D eigenvalue weighted by atomic mass is 79.9. The Morgan fingerprint density at radius 3 is 2.36 bits per heavy atom. The Morgan fingerprint density at radius 2 is 1.80 bits per heavy atom. The van der Waals surface area contributed by atoms with Crippen LogP contribution in [0.1, 0.15) is 21.8 Å². The number of rotatable bonds is 3. The number of amides is 1. The zero-order valence-electron chi connectivity index (χ0n) is 13.9. The molecule has 2 heterocycles. The number of nitrogens with zero attached hydrogens (tertiary/aromatic N) is 3. The van der Waals surface area contributed by atoms with E-state index in [0.717, 1.165) is 0 Å². The molecule has 0 spiro atoms. The summed E-state index contributed by atoms with van der Waals surface area (Å²) in [6.07, 6.45) is 0. The molecule has 0 N–H and O–H groups in total.